The van der Waals surface area contributed by atoms with E-state index < -0.39 is 11.4 Å². The van der Waals surface area contributed by atoms with Crippen molar-refractivity contribution < 1.29 is 24.4 Å². The van der Waals surface area contributed by atoms with Crippen molar-refractivity contribution in [2.75, 3.05) is 0 Å². The average Bonchev–Trinajstić information content (AvgIpc) is 4.38. The van der Waals surface area contributed by atoms with Gasteiger partial charge in [-0.25, -0.2) is 39.1 Å². The predicted octanol–water partition coefficient (Wildman–Crippen LogP) is -2.29. The largest absolute Gasteiger partial charge is 0.463 e. The third-order valence-electron chi connectivity index (χ3n) is 9.50. The van der Waals surface area contributed by atoms with E-state index in [1.807, 2.05) is 0 Å². The maximum Gasteiger partial charge on any atom is 0.369 e. The van der Waals surface area contributed by atoms with Crippen LogP contribution >= 0.6 is 45.3 Å². The number of aryl methyl sites for hydroxylation is 6. The molecule has 0 saturated heterocycles. The van der Waals surface area contributed by atoms with Gasteiger partial charge in [-0.05, 0) is 41.7 Å². The first-order valence-electron chi connectivity index (χ1n) is 23.4. The zero-order chi connectivity index (χ0) is 58.2. The van der Waals surface area contributed by atoms with Gasteiger partial charge in [0.05, 0.1) is 23.6 Å². The fraction of sp³-hybridized carbons (Fsp3) is 0.278. The molecule has 12 aromatic heterocycles. The fourth-order valence-corrected chi connectivity index (χ4v) is 7.70. The van der Waals surface area contributed by atoms with Gasteiger partial charge in [0.25, 0.3) is 20.8 Å². The van der Waals surface area contributed by atoms with Crippen LogP contribution in [0.15, 0.2) is 77.8 Å². The lowest BCUT2D eigenvalue weighted by Gasteiger charge is -2.02. The van der Waals surface area contributed by atoms with E-state index in [2.05, 4.69) is 103 Å². The monoisotopic (exact) mass is 1150 g/mol. The van der Waals surface area contributed by atoms with Crippen LogP contribution in [0.3, 0.4) is 0 Å². The number of aromatic nitrogens is 30. The van der Waals surface area contributed by atoms with Gasteiger partial charge in [-0.3, -0.25) is 9.78 Å². The molecule has 0 radical (unpaired) electrons. The minimum absolute atomic E-state index is 0.0435. The predicted molar refractivity (Wildman–Crippen MR) is 266 cm³/mol. The Bertz CT molecular complexity index is 4060. The van der Waals surface area contributed by atoms with Crippen LogP contribution in [-0.2, 0) is 68.7 Å². The second kappa shape index (κ2) is 24.1. The summed E-state index contributed by atoms with van der Waals surface area (Å²) in [5.74, 6) is 0.462. The van der Waals surface area contributed by atoms with Crippen LogP contribution in [-0.4, -0.2) is 149 Å². The minimum atomic E-state index is -0.442. The molecule has 404 valence electrons. The Morgan fingerprint density at radius 3 is 1.38 bits per heavy atom. The summed E-state index contributed by atoms with van der Waals surface area (Å²) in [7, 11) is 9.35. The zero-order valence-corrected chi connectivity index (χ0v) is 44.0. The van der Waals surface area contributed by atoms with Crippen molar-refractivity contribution in [2.24, 2.45) is 42.3 Å². The van der Waals surface area contributed by atoms with Crippen molar-refractivity contribution in [1.82, 2.24) is 149 Å². The topological polar surface area (TPSA) is 418 Å². The van der Waals surface area contributed by atoms with Crippen molar-refractivity contribution in [1.29, 1.82) is 0 Å². The number of ether oxygens (including phenoxy) is 4. The molecule has 0 saturated carbocycles. The highest BCUT2D eigenvalue weighted by molar-refractivity contribution is 7.12. The molecule has 0 atom stereocenters. The molecule has 42 heteroatoms. The van der Waals surface area contributed by atoms with Crippen molar-refractivity contribution >= 4 is 45.3 Å². The van der Waals surface area contributed by atoms with Gasteiger partial charge in [0, 0.05) is 88.5 Å². The molecule has 12 aromatic rings. The minimum Gasteiger partial charge on any atom is -0.463 e. The quantitative estimate of drug-likeness (QED) is 0.103. The van der Waals surface area contributed by atoms with Crippen LogP contribution in [0.2, 0.25) is 0 Å². The first kappa shape index (κ1) is 47.6. The van der Waals surface area contributed by atoms with Crippen molar-refractivity contribution in [3.63, 3.8) is 0 Å². The van der Waals surface area contributed by atoms with Crippen LogP contribution in [0, 0.1) is 0 Å². The van der Waals surface area contributed by atoms with Gasteiger partial charge in [0.15, 0.2) is 0 Å². The van der Waals surface area contributed by atoms with E-state index in [1.54, 1.807) is 46.5 Å². The zero-order valence-electron chi connectivity index (χ0n) is 44.7. The fourth-order valence-electron chi connectivity index (χ4n) is 5.95. The summed E-state index contributed by atoms with van der Waals surface area (Å²) < 4.78 is 61.3. The third-order valence-corrected chi connectivity index (χ3v) is 12.0. The van der Waals surface area contributed by atoms with E-state index >= 15 is 0 Å². The van der Waals surface area contributed by atoms with Crippen LogP contribution in [0.1, 0.15) is 28.3 Å². The first-order valence-corrected chi connectivity index (χ1v) is 24.9. The van der Waals surface area contributed by atoms with E-state index in [-0.39, 0.29) is 74.1 Å². The molecule has 78 heavy (non-hydrogen) atoms. The van der Waals surface area contributed by atoms with Crippen LogP contribution in [0.25, 0.3) is 23.0 Å². The lowest BCUT2D eigenvalue weighted by molar-refractivity contribution is 0.297. The van der Waals surface area contributed by atoms with Gasteiger partial charge in [-0.2, -0.15) is 58.5 Å². The molecule has 0 aliphatic heterocycles. The summed E-state index contributed by atoms with van der Waals surface area (Å²) in [4.78, 5) is 64.0. The molecule has 0 aliphatic carbocycles. The normalized spacial score (nSPS) is 11.6. The second-order valence-electron chi connectivity index (χ2n) is 14.7. The SMILES string of the molecule is [3H]c1csc(OCc2[nH]ncc2-n2nnn(C)c2=O)n1.[3H]c1csc(OCc2n[nH]nc2-n2nnn(C)c2=O)n1.[3H]c1csc(OCc2nn(C)cc2-n2nnn(C)c2=O)n1.[3H]c1csc(OCc2nn(C)nc2-n2nnn(C)c2=O)n1. The molecule has 0 bridgehead atoms. The maximum atomic E-state index is 11.9. The summed E-state index contributed by atoms with van der Waals surface area (Å²) in [6.45, 7) is 0.346. The summed E-state index contributed by atoms with van der Waals surface area (Å²) in [5.41, 5.74) is 1.24. The number of thiazole rings is 4. The van der Waals surface area contributed by atoms with Gasteiger partial charge in [-0.1, -0.05) is 45.3 Å². The molecule has 0 fully saturated rings. The Morgan fingerprint density at radius 1 is 0.487 bits per heavy atom. The smallest absolute Gasteiger partial charge is 0.369 e. The molecule has 38 nitrogen and oxygen atoms in total. The number of rotatable bonds is 16. The van der Waals surface area contributed by atoms with Crippen LogP contribution in [0.5, 0.6) is 20.8 Å². The van der Waals surface area contributed by atoms with Crippen molar-refractivity contribution in [2.45, 2.75) is 26.4 Å². The van der Waals surface area contributed by atoms with Gasteiger partial charge in [0.2, 0.25) is 11.6 Å². The second-order valence-corrected chi connectivity index (χ2v) is 18.0. The van der Waals surface area contributed by atoms with Crippen LogP contribution < -0.4 is 41.7 Å². The summed E-state index contributed by atoms with van der Waals surface area (Å²) in [5, 5.41) is 66.4. The molecule has 12 rings (SSSR count). The van der Waals surface area contributed by atoms with Gasteiger partial charge in [0.1, 0.15) is 54.9 Å². The molecule has 0 aromatic carbocycles. The molecule has 0 amide bonds. The van der Waals surface area contributed by atoms with E-state index in [9.17, 15) is 19.2 Å². The summed E-state index contributed by atoms with van der Waals surface area (Å²) >= 11 is 4.86. The van der Waals surface area contributed by atoms with E-state index in [0.29, 0.717) is 54.9 Å². The molecule has 0 spiro atoms. The van der Waals surface area contributed by atoms with Gasteiger partial charge < -0.3 is 18.9 Å². The maximum absolute atomic E-state index is 11.9. The van der Waals surface area contributed by atoms with E-state index in [0.717, 1.165) is 37.5 Å². The van der Waals surface area contributed by atoms with Crippen molar-refractivity contribution in [3.8, 4) is 43.8 Å². The standard InChI is InChI=1S/C10H11N7O2S.C9H10N8O2S.C9H9N7O2S.C8H8N8O2S/c1-15-5-8(17-10(18)16(2)13-14-17)7(12-15)6-19-9-11-3-4-20-9;1-15-9(18)17(14-13-15)7-6(11-16(2)12-7)5-19-8-10-3-4-20-8;1-15-9(17)16(14-13-15)7-4-11-12-6(7)5-18-8-10-2-3-19-8;1-15-8(17)16(14-13-15)6-5(10-12-11-6)4-18-7-9-2-3-19-7/h3-5H,6H2,1-2H3;3-4H,5H2,1-2H3;2-4H,5H2,1H3,(H,11,12);2-3H,4H2,1H3,(H,10,11,12)/i2*3T;2*2T. The lowest BCUT2D eigenvalue weighted by atomic mass is 10.4. The van der Waals surface area contributed by atoms with E-state index in [4.69, 9.17) is 24.4 Å². The molecular weight excluding hydrogens is 1110 g/mol. The highest BCUT2D eigenvalue weighted by Gasteiger charge is 2.20. The molecular formula is C36H38N30O8S4. The third kappa shape index (κ3) is 12.4. The Hall–Kier alpha value is -10.1. The Morgan fingerprint density at radius 2 is 0.923 bits per heavy atom. The Labute approximate surface area is 453 Å². The van der Waals surface area contributed by atoms with Crippen LogP contribution in [0.4, 0.5) is 0 Å². The lowest BCUT2D eigenvalue weighted by Crippen LogP contribution is -2.23. The average molecular weight is 1160 g/mol. The van der Waals surface area contributed by atoms with Gasteiger partial charge in [-0.15, -0.1) is 19.6 Å². The number of nitrogens with zero attached hydrogens (tertiary/aromatic N) is 28. The molecule has 0 aliphatic rings. The molecule has 0 unspecified atom stereocenters. The highest BCUT2D eigenvalue weighted by atomic mass is 32.1. The molecule has 2 N–H and O–H groups in total. The summed E-state index contributed by atoms with van der Waals surface area (Å²) in [6, 6.07) is 0. The number of hydrogen-bond donors (Lipinski definition) is 2. The van der Waals surface area contributed by atoms with Gasteiger partial charge >= 0.3 is 22.8 Å². The number of aromatic amines is 2. The molecule has 12 heterocycles. The Balaban J connectivity index is 0.000000132. The number of nitrogens with one attached hydrogen (secondary N) is 2. The number of H-pyrrole nitrogens is 2. The van der Waals surface area contributed by atoms with Crippen molar-refractivity contribution in [3.05, 3.63) is 123 Å². The first-order chi connectivity index (χ1) is 39.4. The highest BCUT2D eigenvalue weighted by Crippen LogP contribution is 2.20. The van der Waals surface area contributed by atoms with E-state index in [1.165, 1.54) is 84.5 Å². The number of tetrazole rings is 4. The number of hydrogen-bond acceptors (Lipinski definition) is 30. The Kier molecular flexibility index (Phi) is 14.7. The summed E-state index contributed by atoms with van der Waals surface area (Å²) in [6.07, 6.45) is 3.70.